The van der Waals surface area contributed by atoms with Gasteiger partial charge in [0.1, 0.15) is 5.78 Å². The van der Waals surface area contributed by atoms with Gasteiger partial charge in [0.2, 0.25) is 0 Å². The molecule has 1 unspecified atom stereocenters. The first-order valence-electron chi connectivity index (χ1n) is 10.0. The summed E-state index contributed by atoms with van der Waals surface area (Å²) >= 11 is 0. The van der Waals surface area contributed by atoms with E-state index in [-0.39, 0.29) is 0 Å². The monoisotopic (exact) mass is 318 g/mol. The maximum atomic E-state index is 12.1. The topological polar surface area (TPSA) is 37.3 Å². The van der Waals surface area contributed by atoms with Gasteiger partial charge >= 0.3 is 0 Å². The van der Waals surface area contributed by atoms with E-state index in [4.69, 9.17) is 0 Å². The van der Waals surface area contributed by atoms with Crippen LogP contribution in [0.3, 0.4) is 0 Å². The molecule has 0 heterocycles. The number of aliphatic hydroxyl groups is 1. The third kappa shape index (κ3) is 2.42. The molecule has 23 heavy (non-hydrogen) atoms. The molecule has 0 spiro atoms. The van der Waals surface area contributed by atoms with Crippen molar-refractivity contribution in [3.05, 3.63) is 0 Å². The molecule has 4 fully saturated rings. The van der Waals surface area contributed by atoms with E-state index in [9.17, 15) is 9.90 Å². The normalized spacial score (nSPS) is 55.7. The van der Waals surface area contributed by atoms with E-state index in [1.54, 1.807) is 0 Å². The summed E-state index contributed by atoms with van der Waals surface area (Å²) in [5, 5.41) is 10.5. The summed E-state index contributed by atoms with van der Waals surface area (Å²) in [4.78, 5) is 12.1. The molecule has 2 heteroatoms. The lowest BCUT2D eigenvalue weighted by molar-refractivity contribution is -0.130. The maximum Gasteiger partial charge on any atom is 0.133 e. The van der Waals surface area contributed by atoms with Crippen molar-refractivity contribution in [1.29, 1.82) is 0 Å². The van der Waals surface area contributed by atoms with E-state index in [0.717, 1.165) is 48.9 Å². The SMILES string of the molecule is CC(=O)[C@H]1CC[C@H]2[C@@H]3CC[C@H]4C[C@](C)(O)CC[C@@H]4C3CC[C@]12C. The number of hydrogen-bond acceptors (Lipinski definition) is 2. The van der Waals surface area contributed by atoms with Crippen molar-refractivity contribution in [2.24, 2.45) is 40.9 Å². The molecule has 0 amide bonds. The molecule has 4 aliphatic rings. The standard InChI is InChI=1S/C21H34O2/c1-13(22)18-6-7-19-17-5-4-14-12-20(2,23)10-8-15(14)16(17)9-11-21(18,19)3/h14-19,23H,4-12H2,1-3H3/t14-,15-,16?,17+,18+,19-,20+,21+/m0/s1. The van der Waals surface area contributed by atoms with Crippen molar-refractivity contribution < 1.29 is 9.90 Å². The Labute approximate surface area is 141 Å². The summed E-state index contributed by atoms with van der Waals surface area (Å²) < 4.78 is 0. The third-order valence-corrected chi connectivity index (χ3v) is 8.73. The highest BCUT2D eigenvalue weighted by Gasteiger charge is 2.58. The molecule has 4 aliphatic carbocycles. The molecular formula is C21H34O2. The van der Waals surface area contributed by atoms with Crippen molar-refractivity contribution in [3.8, 4) is 0 Å². The molecule has 0 radical (unpaired) electrons. The zero-order valence-electron chi connectivity index (χ0n) is 15.2. The third-order valence-electron chi connectivity index (χ3n) is 8.73. The van der Waals surface area contributed by atoms with E-state index in [0.29, 0.717) is 17.1 Å². The smallest absolute Gasteiger partial charge is 0.133 e. The molecule has 0 aromatic rings. The van der Waals surface area contributed by atoms with Crippen LogP contribution in [-0.2, 0) is 4.79 Å². The average molecular weight is 319 g/mol. The highest BCUT2D eigenvalue weighted by molar-refractivity contribution is 5.79. The lowest BCUT2D eigenvalue weighted by Crippen LogP contribution is -2.50. The van der Waals surface area contributed by atoms with Gasteiger partial charge in [-0.25, -0.2) is 0 Å². The molecule has 0 aromatic carbocycles. The van der Waals surface area contributed by atoms with Crippen LogP contribution in [0.15, 0.2) is 0 Å². The number of rotatable bonds is 1. The fraction of sp³-hybridized carbons (Fsp3) is 0.952. The Kier molecular flexibility index (Phi) is 3.72. The second-order valence-corrected chi connectivity index (χ2v) is 9.96. The number of hydrogen-bond donors (Lipinski definition) is 1. The Bertz CT molecular complexity index is 496. The van der Waals surface area contributed by atoms with Crippen molar-refractivity contribution in [3.63, 3.8) is 0 Å². The summed E-state index contributed by atoms with van der Waals surface area (Å²) in [5.41, 5.74) is -0.121. The first-order valence-corrected chi connectivity index (χ1v) is 10.0. The first kappa shape index (κ1) is 16.1. The molecule has 0 bridgehead atoms. The molecule has 1 N–H and O–H groups in total. The molecule has 8 atom stereocenters. The van der Waals surface area contributed by atoms with Crippen molar-refractivity contribution in [1.82, 2.24) is 0 Å². The van der Waals surface area contributed by atoms with Crippen molar-refractivity contribution in [2.75, 3.05) is 0 Å². The Balaban J connectivity index is 1.56. The van der Waals surface area contributed by atoms with Gasteiger partial charge in [0, 0.05) is 5.92 Å². The van der Waals surface area contributed by atoms with Crippen LogP contribution in [0, 0.1) is 40.9 Å². The van der Waals surface area contributed by atoms with Crippen molar-refractivity contribution >= 4 is 5.78 Å². The summed E-state index contributed by atoms with van der Waals surface area (Å²) in [5.74, 6) is 4.92. The predicted molar refractivity (Wildman–Crippen MR) is 91.9 cm³/mol. The first-order chi connectivity index (χ1) is 10.8. The maximum absolute atomic E-state index is 12.1. The zero-order valence-corrected chi connectivity index (χ0v) is 15.2. The van der Waals surface area contributed by atoms with E-state index >= 15 is 0 Å². The van der Waals surface area contributed by atoms with Gasteiger partial charge < -0.3 is 5.11 Å². The van der Waals surface area contributed by atoms with E-state index in [1.807, 2.05) is 13.8 Å². The van der Waals surface area contributed by atoms with Gasteiger partial charge in [0.05, 0.1) is 5.60 Å². The zero-order chi connectivity index (χ0) is 16.4. The van der Waals surface area contributed by atoms with Gasteiger partial charge in [-0.05, 0) is 107 Å². The minimum atomic E-state index is -0.412. The highest BCUT2D eigenvalue weighted by Crippen LogP contribution is 2.64. The minimum Gasteiger partial charge on any atom is -0.390 e. The Morgan fingerprint density at radius 3 is 2.39 bits per heavy atom. The average Bonchev–Trinajstić information content (AvgIpc) is 2.83. The number of fused-ring (bicyclic) bond motifs is 5. The van der Waals surface area contributed by atoms with Gasteiger partial charge in [-0.15, -0.1) is 0 Å². The van der Waals surface area contributed by atoms with E-state index < -0.39 is 5.60 Å². The van der Waals surface area contributed by atoms with Crippen LogP contribution in [-0.4, -0.2) is 16.5 Å². The number of Topliss-reactive ketones (excluding diaryl/α,β-unsaturated/α-hetero) is 1. The number of ketones is 1. The molecule has 4 saturated carbocycles. The highest BCUT2D eigenvalue weighted by atomic mass is 16.3. The summed E-state index contributed by atoms with van der Waals surface area (Å²) in [6, 6.07) is 0. The lowest BCUT2D eigenvalue weighted by atomic mass is 9.49. The van der Waals surface area contributed by atoms with E-state index in [1.165, 1.54) is 38.5 Å². The van der Waals surface area contributed by atoms with Crippen LogP contribution in [0.2, 0.25) is 0 Å². The van der Waals surface area contributed by atoms with Gasteiger partial charge in [0.25, 0.3) is 0 Å². The fourth-order valence-electron chi connectivity index (χ4n) is 7.75. The largest absolute Gasteiger partial charge is 0.390 e. The van der Waals surface area contributed by atoms with Crippen LogP contribution in [0.1, 0.15) is 78.6 Å². The van der Waals surface area contributed by atoms with Crippen LogP contribution in [0.25, 0.3) is 0 Å². The summed E-state index contributed by atoms with van der Waals surface area (Å²) in [7, 11) is 0. The summed E-state index contributed by atoms with van der Waals surface area (Å²) in [6.45, 7) is 6.30. The molecule has 130 valence electrons. The molecule has 0 aromatic heterocycles. The van der Waals surface area contributed by atoms with Gasteiger partial charge in [-0.2, -0.15) is 0 Å². The lowest BCUT2D eigenvalue weighted by Gasteiger charge is -2.56. The Morgan fingerprint density at radius 1 is 0.913 bits per heavy atom. The predicted octanol–water partition coefficient (Wildman–Crippen LogP) is 4.60. The molecule has 2 nitrogen and oxygen atoms in total. The minimum absolute atomic E-state index is 0.292. The summed E-state index contributed by atoms with van der Waals surface area (Å²) in [6.07, 6.45) is 11.0. The van der Waals surface area contributed by atoms with Crippen LogP contribution in [0.4, 0.5) is 0 Å². The number of carbonyl (C=O) groups is 1. The van der Waals surface area contributed by atoms with Gasteiger partial charge in [-0.3, -0.25) is 4.79 Å². The second kappa shape index (κ2) is 5.31. The molecular weight excluding hydrogens is 284 g/mol. The van der Waals surface area contributed by atoms with Gasteiger partial charge in [0.15, 0.2) is 0 Å². The molecule has 4 rings (SSSR count). The Morgan fingerprint density at radius 2 is 1.65 bits per heavy atom. The Hall–Kier alpha value is -0.370. The quantitative estimate of drug-likeness (QED) is 0.767. The van der Waals surface area contributed by atoms with Crippen LogP contribution in [0.5, 0.6) is 0 Å². The van der Waals surface area contributed by atoms with E-state index in [2.05, 4.69) is 6.92 Å². The van der Waals surface area contributed by atoms with Crippen LogP contribution >= 0.6 is 0 Å². The van der Waals surface area contributed by atoms with Crippen LogP contribution < -0.4 is 0 Å². The van der Waals surface area contributed by atoms with Gasteiger partial charge in [-0.1, -0.05) is 6.92 Å². The molecule has 0 saturated heterocycles. The second-order valence-electron chi connectivity index (χ2n) is 9.96. The number of carbonyl (C=O) groups excluding carboxylic acids is 1. The molecule has 0 aliphatic heterocycles. The fourth-order valence-corrected chi connectivity index (χ4v) is 7.75. The van der Waals surface area contributed by atoms with Crippen molar-refractivity contribution in [2.45, 2.75) is 84.2 Å².